The van der Waals surface area contributed by atoms with Crippen molar-refractivity contribution in [2.24, 2.45) is 5.92 Å². The predicted octanol–water partition coefficient (Wildman–Crippen LogP) is 4.80. The Hall–Kier alpha value is -2.82. The Balaban J connectivity index is 1.68. The molecule has 0 spiro atoms. The van der Waals surface area contributed by atoms with Gasteiger partial charge in [-0.25, -0.2) is 4.98 Å². The van der Waals surface area contributed by atoms with Crippen LogP contribution in [0.5, 0.6) is 5.75 Å². The van der Waals surface area contributed by atoms with E-state index in [1.807, 2.05) is 55.5 Å². The molecule has 0 radical (unpaired) electrons. The standard InChI is InChI=1S/C23H29N3O2/c1-4-28-21-12-8-5-9-17(21)13-14-22(27)24-20(15-16(2)3)23-25-18-10-6-7-11-19(18)26-23/h5-12,16,20H,4,13-15H2,1-3H3,(H,24,27)(H,25,26). The van der Waals surface area contributed by atoms with Gasteiger partial charge in [0.1, 0.15) is 11.6 Å². The zero-order valence-corrected chi connectivity index (χ0v) is 16.9. The van der Waals surface area contributed by atoms with Crippen LogP contribution in [0.1, 0.15) is 51.0 Å². The Morgan fingerprint density at radius 3 is 2.64 bits per heavy atom. The highest BCUT2D eigenvalue weighted by Crippen LogP contribution is 2.23. The number of H-pyrrole nitrogens is 1. The largest absolute Gasteiger partial charge is 0.494 e. The lowest BCUT2D eigenvalue weighted by atomic mass is 10.0. The van der Waals surface area contributed by atoms with Crippen molar-refractivity contribution in [1.29, 1.82) is 0 Å². The molecule has 0 fully saturated rings. The minimum Gasteiger partial charge on any atom is -0.494 e. The van der Waals surface area contributed by atoms with Crippen molar-refractivity contribution >= 4 is 16.9 Å². The molecule has 0 aliphatic rings. The lowest BCUT2D eigenvalue weighted by Gasteiger charge is -2.19. The number of rotatable bonds is 9. The molecule has 1 atom stereocenters. The van der Waals surface area contributed by atoms with E-state index in [0.717, 1.165) is 34.6 Å². The van der Waals surface area contributed by atoms with Crippen LogP contribution in [0.25, 0.3) is 11.0 Å². The third kappa shape index (κ3) is 5.12. The minimum absolute atomic E-state index is 0.0254. The molecule has 0 saturated carbocycles. The van der Waals surface area contributed by atoms with Crippen molar-refractivity contribution < 1.29 is 9.53 Å². The molecule has 0 bridgehead atoms. The number of amides is 1. The molecule has 1 heterocycles. The van der Waals surface area contributed by atoms with Crippen molar-refractivity contribution in [1.82, 2.24) is 15.3 Å². The summed E-state index contributed by atoms with van der Waals surface area (Å²) in [5.74, 6) is 2.14. The second-order valence-electron chi connectivity index (χ2n) is 7.43. The van der Waals surface area contributed by atoms with Crippen LogP contribution in [0.4, 0.5) is 0 Å². The van der Waals surface area contributed by atoms with Crippen LogP contribution in [0, 0.1) is 5.92 Å². The summed E-state index contributed by atoms with van der Waals surface area (Å²) in [6.45, 7) is 6.89. The molecule has 0 aliphatic carbocycles. The highest BCUT2D eigenvalue weighted by atomic mass is 16.5. The smallest absolute Gasteiger partial charge is 0.220 e. The van der Waals surface area contributed by atoms with Crippen LogP contribution in [-0.4, -0.2) is 22.5 Å². The normalized spacial score (nSPS) is 12.3. The third-order valence-electron chi connectivity index (χ3n) is 4.67. The summed E-state index contributed by atoms with van der Waals surface area (Å²) < 4.78 is 5.66. The van der Waals surface area contributed by atoms with Gasteiger partial charge in [0, 0.05) is 6.42 Å². The number of nitrogens with one attached hydrogen (secondary N) is 2. The molecular formula is C23H29N3O2. The van der Waals surface area contributed by atoms with Gasteiger partial charge in [-0.2, -0.15) is 0 Å². The first kappa shape index (κ1) is 19.9. The molecule has 5 heteroatoms. The van der Waals surface area contributed by atoms with E-state index in [-0.39, 0.29) is 11.9 Å². The Morgan fingerprint density at radius 1 is 1.14 bits per heavy atom. The van der Waals surface area contributed by atoms with E-state index in [0.29, 0.717) is 25.4 Å². The zero-order valence-electron chi connectivity index (χ0n) is 16.9. The van der Waals surface area contributed by atoms with Crippen LogP contribution in [-0.2, 0) is 11.2 Å². The second kappa shape index (κ2) is 9.40. The van der Waals surface area contributed by atoms with E-state index in [1.165, 1.54) is 0 Å². The number of aromatic amines is 1. The fourth-order valence-corrected chi connectivity index (χ4v) is 3.37. The van der Waals surface area contributed by atoms with E-state index < -0.39 is 0 Å². The average Bonchev–Trinajstić information content (AvgIpc) is 3.11. The van der Waals surface area contributed by atoms with E-state index in [4.69, 9.17) is 4.74 Å². The first-order valence-electron chi connectivity index (χ1n) is 10.0. The van der Waals surface area contributed by atoms with E-state index in [2.05, 4.69) is 29.1 Å². The Bertz CT molecular complexity index is 884. The van der Waals surface area contributed by atoms with Crippen molar-refractivity contribution in [2.45, 2.75) is 46.1 Å². The predicted molar refractivity (Wildman–Crippen MR) is 112 cm³/mol. The number of aromatic nitrogens is 2. The SMILES string of the molecule is CCOc1ccccc1CCC(=O)NC(CC(C)C)c1nc2ccccc2[nH]1. The van der Waals surface area contributed by atoms with Crippen LogP contribution in [0.15, 0.2) is 48.5 Å². The van der Waals surface area contributed by atoms with Crippen LogP contribution < -0.4 is 10.1 Å². The number of hydrogen-bond acceptors (Lipinski definition) is 3. The molecule has 1 aromatic heterocycles. The summed E-state index contributed by atoms with van der Waals surface area (Å²) in [6, 6.07) is 15.7. The molecule has 148 valence electrons. The van der Waals surface area contributed by atoms with Crippen LogP contribution in [0.2, 0.25) is 0 Å². The van der Waals surface area contributed by atoms with Gasteiger partial charge in [0.25, 0.3) is 0 Å². The Labute approximate surface area is 166 Å². The van der Waals surface area contributed by atoms with Gasteiger partial charge in [0.15, 0.2) is 0 Å². The number of hydrogen-bond donors (Lipinski definition) is 2. The minimum atomic E-state index is -0.123. The number of nitrogens with zero attached hydrogens (tertiary/aromatic N) is 1. The fraction of sp³-hybridized carbons (Fsp3) is 0.391. The van der Waals surface area contributed by atoms with Gasteiger partial charge >= 0.3 is 0 Å². The maximum Gasteiger partial charge on any atom is 0.220 e. The fourth-order valence-electron chi connectivity index (χ4n) is 3.37. The van der Waals surface area contributed by atoms with Crippen molar-refractivity contribution in [3.63, 3.8) is 0 Å². The quantitative estimate of drug-likeness (QED) is 0.561. The number of para-hydroxylation sites is 3. The summed E-state index contributed by atoms with van der Waals surface area (Å²) in [5.41, 5.74) is 2.97. The lowest BCUT2D eigenvalue weighted by Crippen LogP contribution is -2.30. The first-order valence-corrected chi connectivity index (χ1v) is 10.0. The van der Waals surface area contributed by atoms with Gasteiger partial charge in [-0.1, -0.05) is 44.2 Å². The van der Waals surface area contributed by atoms with Crippen molar-refractivity contribution in [2.75, 3.05) is 6.61 Å². The molecule has 1 amide bonds. The van der Waals surface area contributed by atoms with Gasteiger partial charge in [0.05, 0.1) is 23.7 Å². The summed E-state index contributed by atoms with van der Waals surface area (Å²) in [5, 5.41) is 3.17. The van der Waals surface area contributed by atoms with E-state index in [9.17, 15) is 4.79 Å². The van der Waals surface area contributed by atoms with Crippen molar-refractivity contribution in [3.8, 4) is 5.75 Å². The number of ether oxygens (including phenoxy) is 1. The Kier molecular flexibility index (Phi) is 6.69. The maximum absolute atomic E-state index is 12.7. The number of aryl methyl sites for hydroxylation is 1. The number of benzene rings is 2. The molecule has 2 N–H and O–H groups in total. The highest BCUT2D eigenvalue weighted by Gasteiger charge is 2.20. The summed E-state index contributed by atoms with van der Waals surface area (Å²) in [4.78, 5) is 20.7. The average molecular weight is 380 g/mol. The van der Waals surface area contributed by atoms with E-state index >= 15 is 0 Å². The first-order chi connectivity index (χ1) is 13.6. The second-order valence-corrected chi connectivity index (χ2v) is 7.43. The zero-order chi connectivity index (χ0) is 19.9. The molecule has 0 aliphatic heterocycles. The summed E-state index contributed by atoms with van der Waals surface area (Å²) in [6.07, 6.45) is 1.90. The molecule has 3 rings (SSSR count). The van der Waals surface area contributed by atoms with Crippen LogP contribution in [0.3, 0.4) is 0 Å². The third-order valence-corrected chi connectivity index (χ3v) is 4.67. The van der Waals surface area contributed by atoms with Crippen LogP contribution >= 0.6 is 0 Å². The molecule has 28 heavy (non-hydrogen) atoms. The number of carbonyl (C=O) groups excluding carboxylic acids is 1. The van der Waals surface area contributed by atoms with Gasteiger partial charge < -0.3 is 15.0 Å². The topological polar surface area (TPSA) is 67.0 Å². The number of fused-ring (bicyclic) bond motifs is 1. The van der Waals surface area contributed by atoms with Crippen molar-refractivity contribution in [3.05, 3.63) is 59.9 Å². The molecule has 5 nitrogen and oxygen atoms in total. The molecule has 1 unspecified atom stereocenters. The lowest BCUT2D eigenvalue weighted by molar-refractivity contribution is -0.122. The number of carbonyl (C=O) groups is 1. The molecule has 2 aromatic carbocycles. The molecular weight excluding hydrogens is 350 g/mol. The Morgan fingerprint density at radius 2 is 1.89 bits per heavy atom. The highest BCUT2D eigenvalue weighted by molar-refractivity contribution is 5.77. The van der Waals surface area contributed by atoms with E-state index in [1.54, 1.807) is 0 Å². The molecule has 3 aromatic rings. The van der Waals surface area contributed by atoms with Gasteiger partial charge in [-0.15, -0.1) is 0 Å². The molecule has 0 saturated heterocycles. The maximum atomic E-state index is 12.7. The monoisotopic (exact) mass is 379 g/mol. The van der Waals surface area contributed by atoms with Gasteiger partial charge in [-0.05, 0) is 49.4 Å². The summed E-state index contributed by atoms with van der Waals surface area (Å²) in [7, 11) is 0. The summed E-state index contributed by atoms with van der Waals surface area (Å²) >= 11 is 0. The van der Waals surface area contributed by atoms with Gasteiger partial charge in [0.2, 0.25) is 5.91 Å². The van der Waals surface area contributed by atoms with Gasteiger partial charge in [-0.3, -0.25) is 4.79 Å². The number of imidazole rings is 1.